The predicted octanol–water partition coefficient (Wildman–Crippen LogP) is 0.655. The predicted molar refractivity (Wildman–Crippen MR) is 83.1 cm³/mol. The molecule has 0 radical (unpaired) electrons. The fraction of sp³-hybridized carbons (Fsp3) is 0.692. The van der Waals surface area contributed by atoms with Crippen molar-refractivity contribution in [3.8, 4) is 0 Å². The van der Waals surface area contributed by atoms with Gasteiger partial charge in [0.25, 0.3) is 0 Å². The molecule has 0 aromatic rings. The Kier molecular flexibility index (Phi) is 10.9. The van der Waals surface area contributed by atoms with E-state index < -0.39 is 12.1 Å². The minimum atomic E-state index is -0.625. The topological polar surface area (TPSA) is 70.7 Å². The normalized spacial score (nSPS) is 11.8. The molecule has 0 aliphatic rings. The summed E-state index contributed by atoms with van der Waals surface area (Å²) in [5.74, 6) is 0.283. The minimum absolute atomic E-state index is 0.115. The van der Waals surface area contributed by atoms with E-state index in [1.165, 1.54) is 6.08 Å². The third kappa shape index (κ3) is 9.69. The molecule has 0 aromatic carbocycles. The second-order valence-corrected chi connectivity index (χ2v) is 4.99. The van der Waals surface area contributed by atoms with Gasteiger partial charge in [-0.3, -0.25) is 4.79 Å². The first kappa shape index (κ1) is 18.8. The molecule has 0 heterocycles. The van der Waals surface area contributed by atoms with E-state index in [2.05, 4.69) is 29.8 Å². The highest BCUT2D eigenvalue weighted by molar-refractivity contribution is 7.80. The molecule has 0 fully saturated rings. The van der Waals surface area contributed by atoms with Crippen molar-refractivity contribution in [3.05, 3.63) is 12.7 Å². The summed E-state index contributed by atoms with van der Waals surface area (Å²) in [5, 5.41) is 5.32. The highest BCUT2D eigenvalue weighted by Crippen LogP contribution is 1.96. The SMILES string of the molecule is C=CCOC(=O)N[C@H](CCS)C(=O)NCCCN(C)C. The lowest BCUT2D eigenvalue weighted by molar-refractivity contribution is -0.123. The summed E-state index contributed by atoms with van der Waals surface area (Å²) in [6.07, 6.45) is 2.15. The maximum atomic E-state index is 11.9. The number of amides is 2. The summed E-state index contributed by atoms with van der Waals surface area (Å²) in [6, 6.07) is -0.621. The van der Waals surface area contributed by atoms with Crippen molar-refractivity contribution in [3.63, 3.8) is 0 Å². The second kappa shape index (κ2) is 11.6. The number of carbonyl (C=O) groups is 2. The Bertz CT molecular complexity index is 311. The lowest BCUT2D eigenvalue weighted by atomic mass is 10.2. The Balaban J connectivity index is 4.11. The van der Waals surface area contributed by atoms with E-state index in [-0.39, 0.29) is 12.5 Å². The number of rotatable bonds is 10. The zero-order valence-corrected chi connectivity index (χ0v) is 13.1. The molecule has 7 heteroatoms. The first-order valence-electron chi connectivity index (χ1n) is 6.58. The van der Waals surface area contributed by atoms with Gasteiger partial charge in [-0.05, 0) is 39.2 Å². The number of hydrogen-bond acceptors (Lipinski definition) is 5. The maximum absolute atomic E-state index is 11.9. The van der Waals surface area contributed by atoms with Crippen LogP contribution in [0.3, 0.4) is 0 Å². The van der Waals surface area contributed by atoms with Crippen molar-refractivity contribution >= 4 is 24.6 Å². The van der Waals surface area contributed by atoms with Gasteiger partial charge in [-0.25, -0.2) is 4.79 Å². The average molecular weight is 303 g/mol. The van der Waals surface area contributed by atoms with Gasteiger partial charge >= 0.3 is 6.09 Å². The number of carbonyl (C=O) groups excluding carboxylic acids is 2. The van der Waals surface area contributed by atoms with Gasteiger partial charge in [0.1, 0.15) is 12.6 Å². The molecule has 2 N–H and O–H groups in total. The van der Waals surface area contributed by atoms with Crippen molar-refractivity contribution in [2.24, 2.45) is 0 Å². The third-order valence-corrected chi connectivity index (χ3v) is 2.70. The molecule has 0 bridgehead atoms. The van der Waals surface area contributed by atoms with Crippen LogP contribution in [0, 0.1) is 0 Å². The molecule has 0 rings (SSSR count). The summed E-state index contributed by atoms with van der Waals surface area (Å²) < 4.78 is 4.80. The Hall–Kier alpha value is -1.21. The van der Waals surface area contributed by atoms with Crippen LogP contribution in [-0.4, -0.2) is 62.5 Å². The van der Waals surface area contributed by atoms with Gasteiger partial charge in [0.05, 0.1) is 0 Å². The Labute approximate surface area is 126 Å². The molecular formula is C13H25N3O3S. The Morgan fingerprint density at radius 2 is 2.15 bits per heavy atom. The molecular weight excluding hydrogens is 278 g/mol. The zero-order chi connectivity index (χ0) is 15.4. The zero-order valence-electron chi connectivity index (χ0n) is 12.2. The minimum Gasteiger partial charge on any atom is -0.445 e. The summed E-state index contributed by atoms with van der Waals surface area (Å²) in [7, 11) is 3.95. The quantitative estimate of drug-likeness (QED) is 0.315. The van der Waals surface area contributed by atoms with E-state index in [0.717, 1.165) is 13.0 Å². The van der Waals surface area contributed by atoms with Crippen LogP contribution in [0.5, 0.6) is 0 Å². The van der Waals surface area contributed by atoms with Gasteiger partial charge in [0.15, 0.2) is 0 Å². The van der Waals surface area contributed by atoms with Gasteiger partial charge in [-0.2, -0.15) is 12.6 Å². The van der Waals surface area contributed by atoms with Crippen LogP contribution in [0.25, 0.3) is 0 Å². The first-order valence-corrected chi connectivity index (χ1v) is 7.22. The molecule has 0 aliphatic heterocycles. The van der Waals surface area contributed by atoms with Crippen LogP contribution < -0.4 is 10.6 Å². The van der Waals surface area contributed by atoms with Crippen molar-refractivity contribution in [2.75, 3.05) is 39.5 Å². The standard InChI is InChI=1S/C13H25N3O3S/c1-4-9-19-13(18)15-11(6-10-20)12(17)14-7-5-8-16(2)3/h4,11,20H,1,5-10H2,2-3H3,(H,14,17)(H,15,18)/t11-/m1/s1. The van der Waals surface area contributed by atoms with Crippen LogP contribution >= 0.6 is 12.6 Å². The second-order valence-electron chi connectivity index (χ2n) is 4.54. The maximum Gasteiger partial charge on any atom is 0.408 e. The number of hydrogen-bond donors (Lipinski definition) is 3. The summed E-state index contributed by atoms with van der Waals surface area (Å²) in [4.78, 5) is 25.4. The van der Waals surface area contributed by atoms with Crippen LogP contribution in [0.4, 0.5) is 4.79 Å². The van der Waals surface area contributed by atoms with E-state index >= 15 is 0 Å². The molecule has 0 saturated carbocycles. The molecule has 0 spiro atoms. The molecule has 6 nitrogen and oxygen atoms in total. The van der Waals surface area contributed by atoms with E-state index in [4.69, 9.17) is 4.74 Å². The van der Waals surface area contributed by atoms with Crippen LogP contribution in [0.2, 0.25) is 0 Å². The monoisotopic (exact) mass is 303 g/mol. The van der Waals surface area contributed by atoms with Crippen LogP contribution in [-0.2, 0) is 9.53 Å². The lowest BCUT2D eigenvalue weighted by Crippen LogP contribution is -2.47. The Morgan fingerprint density at radius 1 is 1.45 bits per heavy atom. The highest BCUT2D eigenvalue weighted by atomic mass is 32.1. The fourth-order valence-electron chi connectivity index (χ4n) is 1.45. The van der Waals surface area contributed by atoms with Gasteiger partial charge in [-0.1, -0.05) is 12.7 Å². The van der Waals surface area contributed by atoms with Gasteiger partial charge in [0.2, 0.25) is 5.91 Å². The summed E-state index contributed by atoms with van der Waals surface area (Å²) >= 11 is 4.09. The molecule has 0 aliphatic carbocycles. The molecule has 20 heavy (non-hydrogen) atoms. The summed E-state index contributed by atoms with van der Waals surface area (Å²) in [5.41, 5.74) is 0. The number of ether oxygens (including phenoxy) is 1. The van der Waals surface area contributed by atoms with Crippen molar-refractivity contribution in [2.45, 2.75) is 18.9 Å². The number of alkyl carbamates (subject to hydrolysis) is 1. The molecule has 2 amide bonds. The average Bonchev–Trinajstić information content (AvgIpc) is 2.40. The Morgan fingerprint density at radius 3 is 2.70 bits per heavy atom. The summed E-state index contributed by atoms with van der Waals surface area (Å²) in [6.45, 7) is 5.03. The van der Waals surface area contributed by atoms with Crippen molar-refractivity contribution < 1.29 is 14.3 Å². The van der Waals surface area contributed by atoms with Crippen molar-refractivity contribution in [1.29, 1.82) is 0 Å². The number of thiol groups is 1. The smallest absolute Gasteiger partial charge is 0.408 e. The van der Waals surface area contributed by atoms with Crippen LogP contribution in [0.15, 0.2) is 12.7 Å². The largest absolute Gasteiger partial charge is 0.445 e. The molecule has 0 unspecified atom stereocenters. The third-order valence-electron chi connectivity index (χ3n) is 2.44. The molecule has 1 atom stereocenters. The van der Waals surface area contributed by atoms with Gasteiger partial charge in [-0.15, -0.1) is 0 Å². The van der Waals surface area contributed by atoms with E-state index in [1.54, 1.807) is 0 Å². The van der Waals surface area contributed by atoms with Gasteiger partial charge in [0, 0.05) is 6.54 Å². The van der Waals surface area contributed by atoms with Gasteiger partial charge < -0.3 is 20.3 Å². The van der Waals surface area contributed by atoms with E-state index in [1.807, 2.05) is 19.0 Å². The molecule has 0 saturated heterocycles. The van der Waals surface area contributed by atoms with Crippen LogP contribution in [0.1, 0.15) is 12.8 Å². The fourth-order valence-corrected chi connectivity index (χ4v) is 1.70. The number of nitrogens with one attached hydrogen (secondary N) is 2. The van der Waals surface area contributed by atoms with E-state index in [0.29, 0.717) is 18.7 Å². The van der Waals surface area contributed by atoms with E-state index in [9.17, 15) is 9.59 Å². The first-order chi connectivity index (χ1) is 9.51. The molecule has 0 aromatic heterocycles. The lowest BCUT2D eigenvalue weighted by Gasteiger charge is -2.17. The highest BCUT2D eigenvalue weighted by Gasteiger charge is 2.20. The number of nitrogens with zero attached hydrogens (tertiary/aromatic N) is 1. The van der Waals surface area contributed by atoms with Crippen molar-refractivity contribution in [1.82, 2.24) is 15.5 Å². The molecule has 116 valence electrons.